The van der Waals surface area contributed by atoms with Gasteiger partial charge in [0, 0.05) is 23.1 Å². The van der Waals surface area contributed by atoms with Crippen molar-refractivity contribution in [3.63, 3.8) is 0 Å². The molecule has 2 aromatic rings. The first-order valence-electron chi connectivity index (χ1n) is 6.95. The van der Waals surface area contributed by atoms with Crippen molar-refractivity contribution in [2.45, 2.75) is 0 Å². The average molecular weight is 387 g/mol. The summed E-state index contributed by atoms with van der Waals surface area (Å²) in [7, 11) is 0. The third kappa shape index (κ3) is 3.23. The molecule has 3 rings (SSSR count). The summed E-state index contributed by atoms with van der Waals surface area (Å²) in [6, 6.07) is 9.11. The van der Waals surface area contributed by atoms with Gasteiger partial charge in [0.15, 0.2) is 5.92 Å². The zero-order chi connectivity index (χ0) is 17.1. The van der Waals surface area contributed by atoms with Crippen LogP contribution in [-0.2, 0) is 9.59 Å². The Hall–Kier alpha value is -2.87. The molecule has 1 fully saturated rings. The van der Waals surface area contributed by atoms with Gasteiger partial charge in [-0.1, -0.05) is 15.9 Å². The van der Waals surface area contributed by atoms with Gasteiger partial charge < -0.3 is 0 Å². The van der Waals surface area contributed by atoms with Crippen LogP contribution in [0.15, 0.2) is 58.3 Å². The van der Waals surface area contributed by atoms with E-state index in [2.05, 4.69) is 31.2 Å². The normalized spacial score (nSPS) is 18.1. The number of pyridine rings is 1. The minimum Gasteiger partial charge on any atom is -0.276 e. The van der Waals surface area contributed by atoms with Gasteiger partial charge >= 0.3 is 6.03 Å². The molecule has 0 saturated carbocycles. The molecule has 24 heavy (non-hydrogen) atoms. The van der Waals surface area contributed by atoms with Crippen LogP contribution in [0.25, 0.3) is 0 Å². The number of barbiturate groups is 1. The number of imide groups is 2. The number of aromatic nitrogens is 1. The molecule has 120 valence electrons. The van der Waals surface area contributed by atoms with Crippen LogP contribution in [0, 0.1) is 5.92 Å². The Balaban J connectivity index is 1.88. The van der Waals surface area contributed by atoms with Crippen molar-refractivity contribution in [2.75, 3.05) is 4.90 Å². The minimum absolute atomic E-state index is 0.371. The second kappa shape index (κ2) is 6.71. The lowest BCUT2D eigenvalue weighted by molar-refractivity contribution is -0.131. The summed E-state index contributed by atoms with van der Waals surface area (Å²) in [6.07, 6.45) is 4.32. The van der Waals surface area contributed by atoms with Crippen molar-refractivity contribution >= 4 is 51.4 Å². The highest BCUT2D eigenvalue weighted by atomic mass is 79.9. The van der Waals surface area contributed by atoms with Crippen LogP contribution in [0.5, 0.6) is 0 Å². The number of anilines is 1. The van der Waals surface area contributed by atoms with Gasteiger partial charge in [0.25, 0.3) is 5.91 Å². The van der Waals surface area contributed by atoms with E-state index >= 15 is 0 Å². The van der Waals surface area contributed by atoms with Gasteiger partial charge in [-0.2, -0.15) is 0 Å². The maximum Gasteiger partial charge on any atom is 0.335 e. The van der Waals surface area contributed by atoms with Crippen LogP contribution in [-0.4, -0.2) is 29.0 Å². The number of nitrogens with zero attached hydrogens (tertiary/aromatic N) is 3. The lowest BCUT2D eigenvalue weighted by Crippen LogP contribution is -2.58. The molecule has 1 aliphatic heterocycles. The third-order valence-corrected chi connectivity index (χ3v) is 3.85. The summed E-state index contributed by atoms with van der Waals surface area (Å²) in [5, 5.41) is 2.17. The van der Waals surface area contributed by atoms with E-state index in [1.54, 1.807) is 48.8 Å². The number of rotatable bonds is 3. The maximum absolute atomic E-state index is 12.6. The van der Waals surface area contributed by atoms with Crippen molar-refractivity contribution in [3.8, 4) is 0 Å². The smallest absolute Gasteiger partial charge is 0.276 e. The number of amides is 4. The molecule has 8 heteroatoms. The molecule has 1 aromatic carbocycles. The summed E-state index contributed by atoms with van der Waals surface area (Å²) >= 11 is 3.29. The van der Waals surface area contributed by atoms with E-state index in [1.165, 1.54) is 6.21 Å². The predicted octanol–water partition coefficient (Wildman–Crippen LogP) is 2.45. The Morgan fingerprint density at radius 3 is 2.42 bits per heavy atom. The molecule has 1 N–H and O–H groups in total. The number of carbonyl (C=O) groups excluding carboxylic acids is 3. The lowest BCUT2D eigenvalue weighted by Gasteiger charge is -2.28. The number of benzene rings is 1. The second-order valence-corrected chi connectivity index (χ2v) is 5.82. The van der Waals surface area contributed by atoms with Gasteiger partial charge in [-0.05, 0) is 36.4 Å². The monoisotopic (exact) mass is 386 g/mol. The lowest BCUT2D eigenvalue weighted by atomic mass is 10.1. The first-order chi connectivity index (χ1) is 11.6. The molecule has 1 saturated heterocycles. The van der Waals surface area contributed by atoms with Crippen molar-refractivity contribution < 1.29 is 14.4 Å². The van der Waals surface area contributed by atoms with Crippen LogP contribution in [0.1, 0.15) is 0 Å². The largest absolute Gasteiger partial charge is 0.335 e. The molecule has 7 nitrogen and oxygen atoms in total. The number of urea groups is 1. The van der Waals surface area contributed by atoms with E-state index in [1.807, 2.05) is 0 Å². The second-order valence-electron chi connectivity index (χ2n) is 4.91. The molecular formula is C16H11BrN4O3. The summed E-state index contributed by atoms with van der Waals surface area (Å²) in [6.45, 7) is 0. The Kier molecular flexibility index (Phi) is 4.48. The Morgan fingerprint density at radius 1 is 1.08 bits per heavy atom. The quantitative estimate of drug-likeness (QED) is 0.647. The van der Waals surface area contributed by atoms with E-state index in [-0.39, 0.29) is 0 Å². The average Bonchev–Trinajstić information content (AvgIpc) is 2.57. The fourth-order valence-electron chi connectivity index (χ4n) is 2.15. The number of nitrogens with one attached hydrogen (secondary N) is 1. The van der Waals surface area contributed by atoms with Crippen molar-refractivity contribution in [2.24, 2.45) is 10.9 Å². The fraction of sp³-hybridized carbons (Fsp3) is 0.0625. The standard InChI is InChI=1S/C16H11BrN4O3/c17-10-1-3-12(4-2-10)21-15(23)13(14(22)20-16(21)24)9-19-11-5-7-18-8-6-11/h1-9,13H,(H,20,22,24)/t13-/m1/s1. The van der Waals surface area contributed by atoms with E-state index in [4.69, 9.17) is 0 Å². The number of aliphatic imine (C=N–C) groups is 1. The first kappa shape index (κ1) is 16.0. The van der Waals surface area contributed by atoms with Crippen LogP contribution in [0.3, 0.4) is 0 Å². The first-order valence-corrected chi connectivity index (χ1v) is 7.74. The van der Waals surface area contributed by atoms with E-state index in [0.29, 0.717) is 11.4 Å². The van der Waals surface area contributed by atoms with Gasteiger partial charge in [0.05, 0.1) is 11.4 Å². The molecular weight excluding hydrogens is 376 g/mol. The van der Waals surface area contributed by atoms with Crippen molar-refractivity contribution in [3.05, 3.63) is 53.3 Å². The number of hydrogen-bond acceptors (Lipinski definition) is 5. The van der Waals surface area contributed by atoms with Crippen LogP contribution < -0.4 is 10.2 Å². The van der Waals surface area contributed by atoms with Gasteiger partial charge in [-0.3, -0.25) is 24.9 Å². The van der Waals surface area contributed by atoms with E-state index in [9.17, 15) is 14.4 Å². The van der Waals surface area contributed by atoms with Crippen molar-refractivity contribution in [1.29, 1.82) is 0 Å². The summed E-state index contributed by atoms with van der Waals surface area (Å²) in [4.78, 5) is 45.5. The predicted molar refractivity (Wildman–Crippen MR) is 91.0 cm³/mol. The van der Waals surface area contributed by atoms with Crippen LogP contribution in [0.2, 0.25) is 0 Å². The molecule has 0 unspecified atom stereocenters. The molecule has 0 bridgehead atoms. The maximum atomic E-state index is 12.6. The molecule has 2 heterocycles. The Morgan fingerprint density at radius 2 is 1.75 bits per heavy atom. The Labute approximate surface area is 145 Å². The SMILES string of the molecule is O=C1NC(=O)N(c2ccc(Br)cc2)C(=O)[C@@H]1C=Nc1ccncc1. The fourth-order valence-corrected chi connectivity index (χ4v) is 2.41. The molecule has 0 radical (unpaired) electrons. The van der Waals surface area contributed by atoms with E-state index in [0.717, 1.165) is 9.37 Å². The van der Waals surface area contributed by atoms with Crippen LogP contribution >= 0.6 is 15.9 Å². The topological polar surface area (TPSA) is 91.7 Å². The number of hydrogen-bond donors (Lipinski definition) is 1. The van der Waals surface area contributed by atoms with Crippen LogP contribution in [0.4, 0.5) is 16.2 Å². The minimum atomic E-state index is -1.18. The van der Waals surface area contributed by atoms with Gasteiger partial charge in [-0.15, -0.1) is 0 Å². The molecule has 1 atom stereocenters. The number of carbonyl (C=O) groups is 3. The highest BCUT2D eigenvalue weighted by molar-refractivity contribution is 9.10. The molecule has 1 aromatic heterocycles. The molecule has 0 spiro atoms. The van der Waals surface area contributed by atoms with Gasteiger partial charge in [-0.25, -0.2) is 9.69 Å². The molecule has 0 aliphatic carbocycles. The number of halogens is 1. The van der Waals surface area contributed by atoms with E-state index < -0.39 is 23.8 Å². The summed E-state index contributed by atoms with van der Waals surface area (Å²) < 4.78 is 0.808. The third-order valence-electron chi connectivity index (χ3n) is 3.32. The summed E-state index contributed by atoms with van der Waals surface area (Å²) in [5.41, 5.74) is 0.924. The van der Waals surface area contributed by atoms with Gasteiger partial charge in [0.2, 0.25) is 5.91 Å². The molecule has 1 aliphatic rings. The molecule has 4 amide bonds. The van der Waals surface area contributed by atoms with Crippen molar-refractivity contribution in [1.82, 2.24) is 10.3 Å². The zero-order valence-electron chi connectivity index (χ0n) is 12.2. The Bertz CT molecular complexity index is 821. The summed E-state index contributed by atoms with van der Waals surface area (Å²) in [5.74, 6) is -2.53. The highest BCUT2D eigenvalue weighted by Crippen LogP contribution is 2.22. The van der Waals surface area contributed by atoms with Gasteiger partial charge in [0.1, 0.15) is 0 Å². The zero-order valence-corrected chi connectivity index (χ0v) is 13.8. The highest BCUT2D eigenvalue weighted by Gasteiger charge is 2.40.